The Morgan fingerprint density at radius 3 is 2.69 bits per heavy atom. The number of H-pyrrole nitrogens is 1. The van der Waals surface area contributed by atoms with Crippen molar-refractivity contribution < 1.29 is 9.53 Å². The van der Waals surface area contributed by atoms with Crippen LogP contribution in [0.15, 0.2) is 60.9 Å². The fourth-order valence-electron chi connectivity index (χ4n) is 3.94. The van der Waals surface area contributed by atoms with Gasteiger partial charge >= 0.3 is 0 Å². The van der Waals surface area contributed by atoms with Crippen LogP contribution in [0, 0.1) is 0 Å². The van der Waals surface area contributed by atoms with E-state index in [1.165, 1.54) is 0 Å². The predicted octanol–water partition coefficient (Wildman–Crippen LogP) is 3.72. The molecule has 4 aromatic rings. The monoisotopic (exact) mass is 386 g/mol. The standard InChI is InChI=1S/C23H22N4O2/c28-23(13-16-14-24-19-6-2-1-5-18(16)19)27-11-9-17(10-12-27)29-22-15-25-20-7-3-4-8-21(20)26-22/h1-8,14-15,17,24H,9-13H2. The number of hydrogen-bond donors (Lipinski definition) is 1. The maximum atomic E-state index is 12.8. The number of para-hydroxylation sites is 3. The quantitative estimate of drug-likeness (QED) is 0.580. The van der Waals surface area contributed by atoms with E-state index >= 15 is 0 Å². The molecule has 0 spiro atoms. The van der Waals surface area contributed by atoms with E-state index in [0.717, 1.165) is 40.3 Å². The lowest BCUT2D eigenvalue weighted by Crippen LogP contribution is -2.42. The van der Waals surface area contributed by atoms with Crippen molar-refractivity contribution in [1.29, 1.82) is 0 Å². The number of benzene rings is 2. The average Bonchev–Trinajstić information content (AvgIpc) is 3.17. The highest BCUT2D eigenvalue weighted by Crippen LogP contribution is 2.22. The molecule has 0 unspecified atom stereocenters. The van der Waals surface area contributed by atoms with Gasteiger partial charge < -0.3 is 14.6 Å². The number of rotatable bonds is 4. The topological polar surface area (TPSA) is 71.1 Å². The number of nitrogens with zero attached hydrogens (tertiary/aromatic N) is 3. The summed E-state index contributed by atoms with van der Waals surface area (Å²) in [6.07, 6.45) is 5.70. The van der Waals surface area contributed by atoms with Crippen LogP contribution >= 0.6 is 0 Å². The van der Waals surface area contributed by atoms with Gasteiger partial charge in [0.25, 0.3) is 0 Å². The highest BCUT2D eigenvalue weighted by Gasteiger charge is 2.25. The molecule has 6 nitrogen and oxygen atoms in total. The summed E-state index contributed by atoms with van der Waals surface area (Å²) in [5.41, 5.74) is 3.81. The number of piperidine rings is 1. The number of hydrogen-bond acceptors (Lipinski definition) is 4. The third-order valence-electron chi connectivity index (χ3n) is 5.53. The number of carbonyl (C=O) groups excluding carboxylic acids is 1. The van der Waals surface area contributed by atoms with E-state index in [0.29, 0.717) is 25.4 Å². The number of likely N-dealkylation sites (tertiary alicyclic amines) is 1. The van der Waals surface area contributed by atoms with Crippen LogP contribution in [0.5, 0.6) is 5.88 Å². The van der Waals surface area contributed by atoms with Gasteiger partial charge in [0.2, 0.25) is 11.8 Å². The predicted molar refractivity (Wildman–Crippen MR) is 112 cm³/mol. The zero-order chi connectivity index (χ0) is 19.6. The minimum Gasteiger partial charge on any atom is -0.473 e. The Morgan fingerprint density at radius 1 is 1.07 bits per heavy atom. The Morgan fingerprint density at radius 2 is 1.83 bits per heavy atom. The van der Waals surface area contributed by atoms with Crippen molar-refractivity contribution in [3.05, 3.63) is 66.5 Å². The fourth-order valence-corrected chi connectivity index (χ4v) is 3.94. The van der Waals surface area contributed by atoms with Crippen LogP contribution in [-0.2, 0) is 11.2 Å². The number of carbonyl (C=O) groups is 1. The van der Waals surface area contributed by atoms with Gasteiger partial charge in [-0.15, -0.1) is 0 Å². The number of nitrogens with one attached hydrogen (secondary N) is 1. The molecule has 29 heavy (non-hydrogen) atoms. The SMILES string of the molecule is O=C(Cc1c[nH]c2ccccc12)N1CCC(Oc2cnc3ccccc3n2)CC1. The first-order valence-corrected chi connectivity index (χ1v) is 9.97. The first-order chi connectivity index (χ1) is 14.3. The smallest absolute Gasteiger partial charge is 0.233 e. The van der Waals surface area contributed by atoms with Gasteiger partial charge in [-0.05, 0) is 23.8 Å². The number of aromatic amines is 1. The van der Waals surface area contributed by atoms with Crippen LogP contribution in [0.25, 0.3) is 21.9 Å². The molecule has 5 rings (SSSR count). The van der Waals surface area contributed by atoms with Gasteiger partial charge in [0.1, 0.15) is 6.10 Å². The third-order valence-corrected chi connectivity index (χ3v) is 5.53. The molecule has 1 aliphatic heterocycles. The Labute approximate surface area is 168 Å². The van der Waals surface area contributed by atoms with Gasteiger partial charge in [-0.3, -0.25) is 4.79 Å². The average molecular weight is 386 g/mol. The van der Waals surface area contributed by atoms with Crippen molar-refractivity contribution in [2.24, 2.45) is 0 Å². The Hall–Kier alpha value is -3.41. The number of aromatic nitrogens is 3. The largest absolute Gasteiger partial charge is 0.473 e. The maximum Gasteiger partial charge on any atom is 0.233 e. The van der Waals surface area contributed by atoms with Crippen LogP contribution in [0.3, 0.4) is 0 Å². The Balaban J connectivity index is 1.19. The fraction of sp³-hybridized carbons (Fsp3) is 0.261. The van der Waals surface area contributed by atoms with Crippen LogP contribution in [0.2, 0.25) is 0 Å². The van der Waals surface area contributed by atoms with E-state index in [9.17, 15) is 4.79 Å². The van der Waals surface area contributed by atoms with Crippen molar-refractivity contribution in [3.63, 3.8) is 0 Å². The lowest BCUT2D eigenvalue weighted by Gasteiger charge is -2.32. The first kappa shape index (κ1) is 17.7. The minimum absolute atomic E-state index is 0.0580. The molecule has 1 aliphatic rings. The Kier molecular flexibility index (Phi) is 4.60. The van der Waals surface area contributed by atoms with Gasteiger partial charge in [-0.2, -0.15) is 0 Å². The van der Waals surface area contributed by atoms with E-state index in [4.69, 9.17) is 4.74 Å². The molecule has 0 bridgehead atoms. The van der Waals surface area contributed by atoms with Gasteiger partial charge in [0.15, 0.2) is 0 Å². The molecular weight excluding hydrogens is 364 g/mol. The summed E-state index contributed by atoms with van der Waals surface area (Å²) in [7, 11) is 0. The van der Waals surface area contributed by atoms with Crippen LogP contribution in [-0.4, -0.2) is 45.0 Å². The molecule has 1 saturated heterocycles. The highest BCUT2D eigenvalue weighted by atomic mass is 16.5. The molecule has 0 radical (unpaired) electrons. The van der Waals surface area contributed by atoms with Crippen molar-refractivity contribution >= 4 is 27.8 Å². The number of fused-ring (bicyclic) bond motifs is 2. The molecule has 2 aromatic heterocycles. The summed E-state index contributed by atoms with van der Waals surface area (Å²) in [6, 6.07) is 15.8. The van der Waals surface area contributed by atoms with Crippen molar-refractivity contribution in [1.82, 2.24) is 19.9 Å². The Bertz CT molecular complexity index is 1160. The van der Waals surface area contributed by atoms with E-state index in [-0.39, 0.29) is 12.0 Å². The summed E-state index contributed by atoms with van der Waals surface area (Å²) in [5, 5.41) is 1.12. The lowest BCUT2D eigenvalue weighted by atomic mass is 10.1. The van der Waals surface area contributed by atoms with E-state index in [2.05, 4.69) is 21.0 Å². The van der Waals surface area contributed by atoms with Gasteiger partial charge in [0.05, 0.1) is 23.7 Å². The molecule has 6 heteroatoms. The van der Waals surface area contributed by atoms with Crippen LogP contribution < -0.4 is 4.74 Å². The van der Waals surface area contributed by atoms with Crippen LogP contribution in [0.1, 0.15) is 18.4 Å². The van der Waals surface area contributed by atoms with Crippen molar-refractivity contribution in [2.45, 2.75) is 25.4 Å². The normalized spacial score (nSPS) is 15.1. The van der Waals surface area contributed by atoms with Gasteiger partial charge in [-0.25, -0.2) is 9.97 Å². The van der Waals surface area contributed by atoms with Crippen molar-refractivity contribution in [3.8, 4) is 5.88 Å². The maximum absolute atomic E-state index is 12.8. The summed E-state index contributed by atoms with van der Waals surface area (Å²) >= 11 is 0. The second-order valence-electron chi connectivity index (χ2n) is 7.43. The van der Waals surface area contributed by atoms with Gasteiger partial charge in [-0.1, -0.05) is 30.3 Å². The van der Waals surface area contributed by atoms with E-state index in [1.54, 1.807) is 6.20 Å². The lowest BCUT2D eigenvalue weighted by molar-refractivity contribution is -0.132. The van der Waals surface area contributed by atoms with E-state index < -0.39 is 0 Å². The van der Waals surface area contributed by atoms with Crippen molar-refractivity contribution in [2.75, 3.05) is 13.1 Å². The molecule has 1 N–H and O–H groups in total. The molecule has 0 aliphatic carbocycles. The summed E-state index contributed by atoms with van der Waals surface area (Å²) in [5.74, 6) is 0.714. The molecule has 3 heterocycles. The summed E-state index contributed by atoms with van der Waals surface area (Å²) in [4.78, 5) is 26.9. The number of ether oxygens (including phenoxy) is 1. The molecular formula is C23H22N4O2. The molecule has 0 saturated carbocycles. The molecule has 1 amide bonds. The summed E-state index contributed by atoms with van der Waals surface area (Å²) < 4.78 is 6.04. The second-order valence-corrected chi connectivity index (χ2v) is 7.43. The minimum atomic E-state index is 0.0580. The molecule has 146 valence electrons. The zero-order valence-corrected chi connectivity index (χ0v) is 16.0. The van der Waals surface area contributed by atoms with Gasteiger partial charge in [0, 0.05) is 43.0 Å². The molecule has 2 aromatic carbocycles. The zero-order valence-electron chi connectivity index (χ0n) is 16.0. The summed E-state index contributed by atoms with van der Waals surface area (Å²) in [6.45, 7) is 1.40. The second kappa shape index (κ2) is 7.54. The number of amides is 1. The third kappa shape index (κ3) is 3.66. The van der Waals surface area contributed by atoms with E-state index in [1.807, 2.05) is 53.6 Å². The molecule has 1 fully saturated rings. The van der Waals surface area contributed by atoms with Crippen LogP contribution in [0.4, 0.5) is 0 Å². The molecule has 0 atom stereocenters. The first-order valence-electron chi connectivity index (χ1n) is 9.97. The highest BCUT2D eigenvalue weighted by molar-refractivity contribution is 5.88.